The van der Waals surface area contributed by atoms with Crippen LogP contribution >= 0.6 is 11.6 Å². The Morgan fingerprint density at radius 1 is 1.11 bits per heavy atom. The molecular weight excluding hydrogens is 366 g/mol. The zero-order valence-electron chi connectivity index (χ0n) is 15.6. The van der Waals surface area contributed by atoms with E-state index in [9.17, 15) is 9.59 Å². The average molecular weight is 394 g/mol. The van der Waals surface area contributed by atoms with E-state index in [1.807, 2.05) is 34.1 Å². The van der Waals surface area contributed by atoms with Crippen LogP contribution in [0.5, 0.6) is 5.75 Å². The summed E-state index contributed by atoms with van der Waals surface area (Å²) in [5, 5.41) is 0.700. The molecule has 1 aromatic rings. The number of hydrogen-bond donors (Lipinski definition) is 1. The van der Waals surface area contributed by atoms with Crippen LogP contribution in [-0.2, 0) is 9.59 Å². The number of carbonyl (C=O) groups excluding carboxylic acids is 2. The third-order valence-corrected chi connectivity index (χ3v) is 5.71. The number of hydrogen-bond acceptors (Lipinski definition) is 4. The number of nitrogens with two attached hydrogens (primary N) is 1. The van der Waals surface area contributed by atoms with E-state index in [0.29, 0.717) is 24.1 Å². The van der Waals surface area contributed by atoms with E-state index in [1.165, 1.54) is 0 Å². The molecule has 1 atom stereocenters. The molecule has 2 aliphatic rings. The number of likely N-dealkylation sites (tertiary alicyclic amines) is 2. The molecule has 7 heteroatoms. The van der Waals surface area contributed by atoms with E-state index in [-0.39, 0.29) is 24.3 Å². The van der Waals surface area contributed by atoms with E-state index in [0.717, 1.165) is 51.1 Å². The van der Waals surface area contributed by atoms with E-state index in [2.05, 4.69) is 0 Å². The van der Waals surface area contributed by atoms with Gasteiger partial charge in [-0.15, -0.1) is 0 Å². The van der Waals surface area contributed by atoms with Crippen molar-refractivity contribution in [2.75, 3.05) is 39.3 Å². The second kappa shape index (κ2) is 9.42. The Labute approximate surface area is 165 Å². The van der Waals surface area contributed by atoms with Crippen LogP contribution in [0.15, 0.2) is 24.3 Å². The van der Waals surface area contributed by atoms with Crippen molar-refractivity contribution < 1.29 is 14.3 Å². The summed E-state index contributed by atoms with van der Waals surface area (Å²) in [4.78, 5) is 28.0. The molecule has 2 saturated heterocycles. The first kappa shape index (κ1) is 20.0. The van der Waals surface area contributed by atoms with Gasteiger partial charge in [0.2, 0.25) is 11.8 Å². The predicted octanol–water partition coefficient (Wildman–Crippen LogP) is 2.15. The van der Waals surface area contributed by atoms with Crippen molar-refractivity contribution in [3.8, 4) is 5.75 Å². The molecule has 27 heavy (non-hydrogen) atoms. The van der Waals surface area contributed by atoms with Crippen molar-refractivity contribution in [1.29, 1.82) is 0 Å². The highest BCUT2D eigenvalue weighted by Gasteiger charge is 2.31. The Morgan fingerprint density at radius 3 is 2.48 bits per heavy atom. The molecule has 0 saturated carbocycles. The van der Waals surface area contributed by atoms with Crippen molar-refractivity contribution in [2.24, 2.45) is 17.6 Å². The van der Waals surface area contributed by atoms with Gasteiger partial charge < -0.3 is 15.4 Å². The second-order valence-corrected chi connectivity index (χ2v) is 8.01. The molecule has 2 heterocycles. The van der Waals surface area contributed by atoms with E-state index in [1.54, 1.807) is 0 Å². The quantitative estimate of drug-likeness (QED) is 0.803. The molecule has 0 unspecified atom stereocenters. The molecule has 148 valence electrons. The van der Waals surface area contributed by atoms with Gasteiger partial charge in [-0.1, -0.05) is 11.6 Å². The van der Waals surface area contributed by atoms with Gasteiger partial charge in [-0.05, 0) is 62.4 Å². The summed E-state index contributed by atoms with van der Waals surface area (Å²) in [7, 11) is 0. The lowest BCUT2D eigenvalue weighted by molar-refractivity contribution is -0.139. The number of carbonyl (C=O) groups is 2. The van der Waals surface area contributed by atoms with Gasteiger partial charge >= 0.3 is 0 Å². The number of ether oxygens (including phenoxy) is 1. The van der Waals surface area contributed by atoms with E-state index >= 15 is 0 Å². The fraction of sp³-hybridized carbons (Fsp3) is 0.600. The van der Waals surface area contributed by atoms with Gasteiger partial charge in [0.1, 0.15) is 5.75 Å². The monoisotopic (exact) mass is 393 g/mol. The number of amides is 2. The summed E-state index contributed by atoms with van der Waals surface area (Å²) >= 11 is 5.89. The number of primary amides is 1. The molecule has 2 amide bonds. The van der Waals surface area contributed by atoms with E-state index < -0.39 is 0 Å². The number of rotatable bonds is 6. The Morgan fingerprint density at radius 2 is 1.81 bits per heavy atom. The molecule has 2 N–H and O–H groups in total. The molecule has 6 nitrogen and oxygen atoms in total. The second-order valence-electron chi connectivity index (χ2n) is 7.57. The van der Waals surface area contributed by atoms with Crippen molar-refractivity contribution in [1.82, 2.24) is 9.80 Å². The predicted molar refractivity (Wildman–Crippen MR) is 105 cm³/mol. The Hall–Kier alpha value is -1.79. The summed E-state index contributed by atoms with van der Waals surface area (Å²) in [5.41, 5.74) is 5.29. The van der Waals surface area contributed by atoms with Crippen LogP contribution in [0.4, 0.5) is 0 Å². The van der Waals surface area contributed by atoms with Crippen molar-refractivity contribution in [3.63, 3.8) is 0 Å². The summed E-state index contributed by atoms with van der Waals surface area (Å²) < 4.78 is 5.85. The molecule has 0 bridgehead atoms. The minimum absolute atomic E-state index is 0.0139. The zero-order chi connectivity index (χ0) is 19.2. The highest BCUT2D eigenvalue weighted by atomic mass is 35.5. The smallest absolute Gasteiger partial charge is 0.231 e. The lowest BCUT2D eigenvalue weighted by Crippen LogP contribution is -2.49. The van der Waals surface area contributed by atoms with Crippen LogP contribution in [0.1, 0.15) is 25.7 Å². The number of nitrogens with zero attached hydrogens (tertiary/aromatic N) is 2. The highest BCUT2D eigenvalue weighted by Crippen LogP contribution is 2.24. The van der Waals surface area contributed by atoms with Gasteiger partial charge in [0.15, 0.2) is 0 Å². The SMILES string of the molecule is NC(=O)CN1CCC[C@@H](C(=O)N2CCC(COc3ccc(Cl)cc3)CC2)C1. The van der Waals surface area contributed by atoms with Crippen LogP contribution in [0, 0.1) is 11.8 Å². The Kier molecular flexibility index (Phi) is 6.96. The largest absolute Gasteiger partial charge is 0.493 e. The minimum Gasteiger partial charge on any atom is -0.493 e. The average Bonchev–Trinajstić information content (AvgIpc) is 2.67. The fourth-order valence-corrected chi connectivity index (χ4v) is 4.07. The highest BCUT2D eigenvalue weighted by molar-refractivity contribution is 6.30. The van der Waals surface area contributed by atoms with Crippen LogP contribution < -0.4 is 10.5 Å². The third-order valence-electron chi connectivity index (χ3n) is 5.46. The van der Waals surface area contributed by atoms with Crippen LogP contribution in [0.2, 0.25) is 5.02 Å². The van der Waals surface area contributed by atoms with Crippen LogP contribution in [0.25, 0.3) is 0 Å². The molecular formula is C20H28ClN3O3. The Balaban J connectivity index is 1.42. The van der Waals surface area contributed by atoms with Gasteiger partial charge in [0.05, 0.1) is 19.1 Å². The number of benzene rings is 1. The van der Waals surface area contributed by atoms with Gasteiger partial charge in [-0.3, -0.25) is 14.5 Å². The normalized spacial score (nSPS) is 21.8. The topological polar surface area (TPSA) is 75.9 Å². The maximum atomic E-state index is 12.8. The summed E-state index contributed by atoms with van der Waals surface area (Å²) in [6.07, 6.45) is 3.75. The van der Waals surface area contributed by atoms with Crippen molar-refractivity contribution in [3.05, 3.63) is 29.3 Å². The van der Waals surface area contributed by atoms with E-state index in [4.69, 9.17) is 22.1 Å². The van der Waals surface area contributed by atoms with Gasteiger partial charge in [-0.2, -0.15) is 0 Å². The molecule has 0 aliphatic carbocycles. The molecule has 3 rings (SSSR count). The zero-order valence-corrected chi connectivity index (χ0v) is 16.4. The summed E-state index contributed by atoms with van der Waals surface area (Å²) in [6, 6.07) is 7.40. The first-order valence-electron chi connectivity index (χ1n) is 9.69. The van der Waals surface area contributed by atoms with Gasteiger partial charge in [-0.25, -0.2) is 0 Å². The minimum atomic E-state index is -0.329. The molecule has 2 fully saturated rings. The van der Waals surface area contributed by atoms with Gasteiger partial charge in [0, 0.05) is 24.7 Å². The fourth-order valence-electron chi connectivity index (χ4n) is 3.94. The maximum Gasteiger partial charge on any atom is 0.231 e. The van der Waals surface area contributed by atoms with Crippen LogP contribution in [0.3, 0.4) is 0 Å². The summed E-state index contributed by atoms with van der Waals surface area (Å²) in [6.45, 7) is 3.95. The maximum absolute atomic E-state index is 12.8. The number of piperidine rings is 2. The van der Waals surface area contributed by atoms with Crippen molar-refractivity contribution >= 4 is 23.4 Å². The Bertz CT molecular complexity index is 644. The molecule has 1 aromatic carbocycles. The lowest BCUT2D eigenvalue weighted by Gasteiger charge is -2.37. The first-order valence-corrected chi connectivity index (χ1v) is 10.1. The molecule has 2 aliphatic heterocycles. The lowest BCUT2D eigenvalue weighted by atomic mass is 9.93. The summed E-state index contributed by atoms with van der Waals surface area (Å²) in [5.74, 6) is 1.17. The van der Waals surface area contributed by atoms with Crippen LogP contribution in [-0.4, -0.2) is 60.9 Å². The van der Waals surface area contributed by atoms with Gasteiger partial charge in [0.25, 0.3) is 0 Å². The third kappa shape index (κ3) is 5.84. The van der Waals surface area contributed by atoms with Crippen molar-refractivity contribution in [2.45, 2.75) is 25.7 Å². The first-order chi connectivity index (χ1) is 13.0. The number of halogens is 1. The molecule has 0 aromatic heterocycles. The molecule has 0 spiro atoms. The standard InChI is InChI=1S/C20H28ClN3O3/c21-17-3-5-18(6-4-17)27-14-15-7-10-24(11-8-15)20(26)16-2-1-9-23(12-16)13-19(22)25/h3-6,15-16H,1-2,7-14H2,(H2,22,25)/t16-/m1/s1. The molecule has 0 radical (unpaired) electrons.